The highest BCUT2D eigenvalue weighted by atomic mass is 35.5. The number of hydrogen-bond donors (Lipinski definition) is 3. The zero-order valence-electron chi connectivity index (χ0n) is 30.3. The quantitative estimate of drug-likeness (QED) is 0.230. The van der Waals surface area contributed by atoms with E-state index in [0.717, 1.165) is 41.7 Å². The number of H-pyrrole nitrogens is 1. The van der Waals surface area contributed by atoms with Crippen molar-refractivity contribution in [2.75, 3.05) is 24.1 Å². The second-order valence-electron chi connectivity index (χ2n) is 15.3. The summed E-state index contributed by atoms with van der Waals surface area (Å²) in [5.41, 5.74) is 7.79. The van der Waals surface area contributed by atoms with E-state index in [2.05, 4.69) is 10.3 Å². The van der Waals surface area contributed by atoms with Gasteiger partial charge < -0.3 is 25.5 Å². The lowest BCUT2D eigenvalue weighted by Gasteiger charge is -2.35. The summed E-state index contributed by atoms with van der Waals surface area (Å²) >= 11 is 12.2. The standard InChI is InChI=1S/C18H26ClN3O3.C18H24ClN3O2/c1-11-12(19)7-8-13(14(11)20)21-15(23)18(5)9-6-10-22(18)16(24)25-17(2,3)4;1-11-12(19)7-8-13-14(11)21-15(20-13)18(5)9-6-10-22(18)16(23)24-17(2,3)4/h7-8H,6,9-10,20H2,1-5H3,(H,21,23);7-8H,6,9-10H2,1-5H3,(H,20,21)/t2*18-/m00/s1. The van der Waals surface area contributed by atoms with Gasteiger partial charge in [-0.25, -0.2) is 14.6 Å². The van der Waals surface area contributed by atoms with E-state index in [1.807, 2.05) is 46.8 Å². The first kappa shape index (κ1) is 38.1. The Morgan fingerprint density at radius 2 is 1.39 bits per heavy atom. The maximum absolute atomic E-state index is 12.9. The van der Waals surface area contributed by atoms with E-state index in [4.69, 9.17) is 43.4 Å². The first-order chi connectivity index (χ1) is 22.6. The van der Waals surface area contributed by atoms with Crippen molar-refractivity contribution in [1.29, 1.82) is 0 Å². The van der Waals surface area contributed by atoms with Crippen LogP contribution in [0.4, 0.5) is 21.0 Å². The van der Waals surface area contributed by atoms with Crippen LogP contribution in [-0.2, 0) is 19.8 Å². The largest absolute Gasteiger partial charge is 0.444 e. The molecule has 0 bridgehead atoms. The van der Waals surface area contributed by atoms with Crippen molar-refractivity contribution < 1.29 is 23.9 Å². The molecule has 2 aromatic carbocycles. The summed E-state index contributed by atoms with van der Waals surface area (Å²) in [7, 11) is 0. The Morgan fingerprint density at radius 3 is 2.00 bits per heavy atom. The first-order valence-corrected chi connectivity index (χ1v) is 17.4. The number of likely N-dealkylation sites (tertiary alicyclic amines) is 2. The molecule has 5 rings (SSSR count). The van der Waals surface area contributed by atoms with E-state index >= 15 is 0 Å². The number of nitrogens with one attached hydrogen (secondary N) is 2. The number of benzene rings is 2. The number of amides is 3. The maximum Gasteiger partial charge on any atom is 0.411 e. The van der Waals surface area contributed by atoms with Gasteiger partial charge in [0.05, 0.1) is 22.4 Å². The smallest absolute Gasteiger partial charge is 0.411 e. The Balaban J connectivity index is 0.000000221. The second-order valence-corrected chi connectivity index (χ2v) is 16.1. The minimum absolute atomic E-state index is 0.288. The molecular formula is C36H50Cl2N6O5. The second kappa shape index (κ2) is 13.9. The molecular weight excluding hydrogens is 667 g/mol. The molecule has 0 saturated carbocycles. The summed E-state index contributed by atoms with van der Waals surface area (Å²) < 4.78 is 11.0. The molecule has 0 spiro atoms. The third-order valence-corrected chi connectivity index (χ3v) is 9.87. The summed E-state index contributed by atoms with van der Waals surface area (Å²) in [5, 5.41) is 4.07. The minimum Gasteiger partial charge on any atom is -0.444 e. The molecule has 2 aliphatic heterocycles. The van der Waals surface area contributed by atoms with Crippen LogP contribution in [-0.4, -0.2) is 67.7 Å². The van der Waals surface area contributed by atoms with Crippen LogP contribution in [0.2, 0.25) is 10.0 Å². The topological polar surface area (TPSA) is 143 Å². The van der Waals surface area contributed by atoms with Gasteiger partial charge in [0.1, 0.15) is 28.1 Å². The van der Waals surface area contributed by atoms with E-state index < -0.39 is 28.4 Å². The highest BCUT2D eigenvalue weighted by Crippen LogP contribution is 2.40. The Bertz CT molecular complexity index is 1750. The number of rotatable bonds is 3. The number of nitrogens with zero attached hydrogens (tertiary/aromatic N) is 3. The maximum atomic E-state index is 12.9. The lowest BCUT2D eigenvalue weighted by atomic mass is 9.97. The van der Waals surface area contributed by atoms with Crippen molar-refractivity contribution in [3.05, 3.63) is 51.3 Å². The van der Waals surface area contributed by atoms with Crippen molar-refractivity contribution in [3.8, 4) is 0 Å². The van der Waals surface area contributed by atoms with Gasteiger partial charge >= 0.3 is 12.2 Å². The Labute approximate surface area is 299 Å². The van der Waals surface area contributed by atoms with Crippen molar-refractivity contribution in [1.82, 2.24) is 19.8 Å². The molecule has 3 aromatic rings. The normalized spacial score (nSPS) is 21.0. The van der Waals surface area contributed by atoms with E-state index in [9.17, 15) is 14.4 Å². The predicted octanol–water partition coefficient (Wildman–Crippen LogP) is 8.73. The zero-order valence-corrected chi connectivity index (χ0v) is 31.8. The van der Waals surface area contributed by atoms with Crippen LogP contribution < -0.4 is 11.1 Å². The monoisotopic (exact) mass is 716 g/mol. The zero-order chi connectivity index (χ0) is 36.7. The summed E-state index contributed by atoms with van der Waals surface area (Å²) in [6.45, 7) is 19.7. The summed E-state index contributed by atoms with van der Waals surface area (Å²) in [5.74, 6) is 0.496. The van der Waals surface area contributed by atoms with E-state index in [0.29, 0.717) is 46.5 Å². The fourth-order valence-electron chi connectivity index (χ4n) is 6.14. The van der Waals surface area contributed by atoms with Crippen molar-refractivity contribution >= 4 is 63.7 Å². The van der Waals surface area contributed by atoms with Crippen LogP contribution in [0.1, 0.15) is 98.0 Å². The lowest BCUT2D eigenvalue weighted by molar-refractivity contribution is -0.125. The van der Waals surface area contributed by atoms with Crippen LogP contribution in [0, 0.1) is 13.8 Å². The number of fused-ring (bicyclic) bond motifs is 1. The van der Waals surface area contributed by atoms with Crippen molar-refractivity contribution in [2.24, 2.45) is 0 Å². The molecule has 3 amide bonds. The highest BCUT2D eigenvalue weighted by Gasteiger charge is 2.48. The predicted molar refractivity (Wildman–Crippen MR) is 195 cm³/mol. The van der Waals surface area contributed by atoms with Gasteiger partial charge in [-0.1, -0.05) is 23.2 Å². The average molecular weight is 718 g/mol. The van der Waals surface area contributed by atoms with Gasteiger partial charge in [-0.05, 0) is 130 Å². The molecule has 4 N–H and O–H groups in total. The molecule has 2 atom stereocenters. The fourth-order valence-corrected chi connectivity index (χ4v) is 6.46. The lowest BCUT2D eigenvalue weighted by Crippen LogP contribution is -2.54. The summed E-state index contributed by atoms with van der Waals surface area (Å²) in [6, 6.07) is 7.14. The number of ether oxygens (including phenoxy) is 2. The van der Waals surface area contributed by atoms with Gasteiger partial charge in [0.15, 0.2) is 0 Å². The summed E-state index contributed by atoms with van der Waals surface area (Å²) in [4.78, 5) is 49.4. The van der Waals surface area contributed by atoms with Crippen LogP contribution in [0.15, 0.2) is 24.3 Å². The number of aromatic amines is 1. The molecule has 49 heavy (non-hydrogen) atoms. The first-order valence-electron chi connectivity index (χ1n) is 16.6. The number of aromatic nitrogens is 2. The van der Waals surface area contributed by atoms with Crippen molar-refractivity contribution in [2.45, 2.75) is 117 Å². The van der Waals surface area contributed by atoms with E-state index in [1.165, 1.54) is 4.90 Å². The van der Waals surface area contributed by atoms with Gasteiger partial charge in [-0.15, -0.1) is 0 Å². The van der Waals surface area contributed by atoms with E-state index in [1.54, 1.807) is 51.7 Å². The molecule has 2 aliphatic rings. The number of nitrogens with two attached hydrogens (primary N) is 1. The minimum atomic E-state index is -0.984. The number of hydrogen-bond acceptors (Lipinski definition) is 7. The molecule has 2 fully saturated rings. The molecule has 0 unspecified atom stereocenters. The van der Waals surface area contributed by atoms with Gasteiger partial charge in [0, 0.05) is 23.1 Å². The summed E-state index contributed by atoms with van der Waals surface area (Å²) in [6.07, 6.45) is 2.29. The third kappa shape index (κ3) is 8.20. The number of aryl methyl sites for hydroxylation is 1. The number of nitrogen functional groups attached to an aromatic ring is 1. The Kier molecular flexibility index (Phi) is 10.8. The van der Waals surface area contributed by atoms with Crippen LogP contribution in [0.25, 0.3) is 11.0 Å². The van der Waals surface area contributed by atoms with Gasteiger partial charge in [-0.3, -0.25) is 14.6 Å². The molecule has 2 saturated heterocycles. The van der Waals surface area contributed by atoms with Gasteiger partial charge in [0.2, 0.25) is 5.91 Å². The number of carbonyl (C=O) groups excluding carboxylic acids is 3. The number of halogens is 2. The SMILES string of the molecule is Cc1c(Cl)ccc(NC(=O)[C@]2(C)CCCN2C(=O)OC(C)(C)C)c1N.Cc1c(Cl)ccc2[nH]c([C@]3(C)CCCN3C(=O)OC(C)(C)C)nc12. The molecule has 1 aromatic heterocycles. The van der Waals surface area contributed by atoms with Crippen LogP contribution in [0.5, 0.6) is 0 Å². The highest BCUT2D eigenvalue weighted by molar-refractivity contribution is 6.32. The van der Waals surface area contributed by atoms with Crippen molar-refractivity contribution in [3.63, 3.8) is 0 Å². The number of carbonyl (C=O) groups is 3. The van der Waals surface area contributed by atoms with Crippen LogP contribution >= 0.6 is 23.2 Å². The van der Waals surface area contributed by atoms with Gasteiger partial charge in [-0.2, -0.15) is 0 Å². The molecule has 0 aliphatic carbocycles. The van der Waals surface area contributed by atoms with E-state index in [-0.39, 0.29) is 12.0 Å². The molecule has 3 heterocycles. The third-order valence-electron chi connectivity index (χ3n) is 9.05. The molecule has 11 nitrogen and oxygen atoms in total. The fraction of sp³-hybridized carbons (Fsp3) is 0.556. The van der Waals surface area contributed by atoms with Gasteiger partial charge in [0.25, 0.3) is 0 Å². The number of imidazole rings is 1. The average Bonchev–Trinajstić information content (AvgIpc) is 3.72. The van der Waals surface area contributed by atoms with Crippen LogP contribution in [0.3, 0.4) is 0 Å². The Hall–Kier alpha value is -3.70. The Morgan fingerprint density at radius 1 is 0.857 bits per heavy atom. The molecule has 268 valence electrons. The molecule has 0 radical (unpaired) electrons. The number of anilines is 2. The molecule has 13 heteroatoms.